The Hall–Kier alpha value is -1.33. The molecule has 1 fully saturated rings. The number of benzene rings is 1. The van der Waals surface area contributed by atoms with Crippen molar-refractivity contribution >= 4 is 11.8 Å². The summed E-state index contributed by atoms with van der Waals surface area (Å²) >= 11 is 2.01. The average Bonchev–Trinajstić information content (AvgIpc) is 3.23. The van der Waals surface area contributed by atoms with E-state index in [0.717, 1.165) is 49.0 Å². The standard InChI is InChI=1S/C20H29N3OS/c1-4-5-10-25-11-8-19-21-20(18-7-6-9-24-18)22-23(19)17-13-15(2)12-16(3)14-17/h12-14,18H,4-11H2,1-3H3. The maximum absolute atomic E-state index is 5.80. The predicted molar refractivity (Wildman–Crippen MR) is 105 cm³/mol. The summed E-state index contributed by atoms with van der Waals surface area (Å²) in [5.41, 5.74) is 3.63. The zero-order valence-electron chi connectivity index (χ0n) is 15.6. The molecule has 5 heteroatoms. The minimum atomic E-state index is 0.0682. The number of hydrogen-bond donors (Lipinski definition) is 0. The van der Waals surface area contributed by atoms with Crippen LogP contribution in [0.15, 0.2) is 18.2 Å². The molecule has 1 aromatic heterocycles. The Morgan fingerprint density at radius 1 is 1.20 bits per heavy atom. The van der Waals surface area contributed by atoms with Crippen LogP contribution in [-0.4, -0.2) is 32.9 Å². The van der Waals surface area contributed by atoms with Crippen LogP contribution in [0.4, 0.5) is 0 Å². The molecule has 0 bridgehead atoms. The second kappa shape index (κ2) is 8.86. The van der Waals surface area contributed by atoms with Gasteiger partial charge in [0.15, 0.2) is 5.82 Å². The van der Waals surface area contributed by atoms with Crippen molar-refractivity contribution < 1.29 is 4.74 Å². The number of ether oxygens (including phenoxy) is 1. The van der Waals surface area contributed by atoms with Gasteiger partial charge in [0.05, 0.1) is 5.69 Å². The largest absolute Gasteiger partial charge is 0.370 e. The fourth-order valence-corrected chi connectivity index (χ4v) is 4.26. The smallest absolute Gasteiger partial charge is 0.180 e. The molecule has 0 amide bonds. The van der Waals surface area contributed by atoms with Crippen molar-refractivity contribution in [3.05, 3.63) is 41.0 Å². The summed E-state index contributed by atoms with van der Waals surface area (Å²) in [6.07, 6.45) is 5.69. The molecule has 1 unspecified atom stereocenters. The number of unbranched alkanes of at least 4 members (excludes halogenated alkanes) is 1. The molecular formula is C20H29N3OS. The van der Waals surface area contributed by atoms with E-state index in [1.54, 1.807) is 0 Å². The molecule has 2 aromatic rings. The van der Waals surface area contributed by atoms with Crippen LogP contribution >= 0.6 is 11.8 Å². The summed E-state index contributed by atoms with van der Waals surface area (Å²) in [5.74, 6) is 4.23. The Labute approximate surface area is 155 Å². The quantitative estimate of drug-likeness (QED) is 0.634. The highest BCUT2D eigenvalue weighted by Gasteiger charge is 2.24. The van der Waals surface area contributed by atoms with E-state index in [-0.39, 0.29) is 6.10 Å². The van der Waals surface area contributed by atoms with Crippen molar-refractivity contribution in [2.24, 2.45) is 0 Å². The van der Waals surface area contributed by atoms with Gasteiger partial charge in [-0.2, -0.15) is 11.8 Å². The van der Waals surface area contributed by atoms with Crippen LogP contribution in [0.2, 0.25) is 0 Å². The van der Waals surface area contributed by atoms with Crippen LogP contribution < -0.4 is 0 Å². The molecule has 1 aromatic carbocycles. The first-order chi connectivity index (χ1) is 12.2. The highest BCUT2D eigenvalue weighted by Crippen LogP contribution is 2.27. The van der Waals surface area contributed by atoms with Crippen LogP contribution in [0.3, 0.4) is 0 Å². The van der Waals surface area contributed by atoms with Crippen LogP contribution in [0.1, 0.15) is 61.5 Å². The number of rotatable bonds is 8. The zero-order chi connectivity index (χ0) is 17.6. The average molecular weight is 360 g/mol. The SMILES string of the molecule is CCCCSCCc1nc(C2CCCO2)nn1-c1cc(C)cc(C)c1. The summed E-state index contributed by atoms with van der Waals surface area (Å²) in [6, 6.07) is 6.57. The molecule has 0 spiro atoms. The monoisotopic (exact) mass is 359 g/mol. The number of nitrogens with zero attached hydrogens (tertiary/aromatic N) is 3. The summed E-state index contributed by atoms with van der Waals surface area (Å²) in [6.45, 7) is 7.33. The second-order valence-corrected chi connectivity index (χ2v) is 8.09. The topological polar surface area (TPSA) is 39.9 Å². The van der Waals surface area contributed by atoms with Gasteiger partial charge in [0.2, 0.25) is 0 Å². The van der Waals surface area contributed by atoms with E-state index in [1.807, 2.05) is 16.4 Å². The van der Waals surface area contributed by atoms with Crippen LogP contribution in [0.5, 0.6) is 0 Å². The number of aryl methyl sites for hydroxylation is 3. The van der Waals surface area contributed by atoms with E-state index in [0.29, 0.717) is 0 Å². The molecule has 1 aliphatic heterocycles. The van der Waals surface area contributed by atoms with Crippen LogP contribution in [0, 0.1) is 13.8 Å². The normalized spacial score (nSPS) is 17.3. The first-order valence-electron chi connectivity index (χ1n) is 9.41. The van der Waals surface area contributed by atoms with Crippen LogP contribution in [-0.2, 0) is 11.2 Å². The van der Waals surface area contributed by atoms with E-state index >= 15 is 0 Å². The van der Waals surface area contributed by atoms with E-state index in [2.05, 4.69) is 39.0 Å². The summed E-state index contributed by atoms with van der Waals surface area (Å²) in [5, 5.41) is 4.83. The highest BCUT2D eigenvalue weighted by atomic mass is 32.2. The Morgan fingerprint density at radius 2 is 2.00 bits per heavy atom. The van der Waals surface area contributed by atoms with Crippen molar-refractivity contribution in [2.75, 3.05) is 18.1 Å². The summed E-state index contributed by atoms with van der Waals surface area (Å²) < 4.78 is 7.84. The minimum Gasteiger partial charge on any atom is -0.370 e. The maximum Gasteiger partial charge on any atom is 0.180 e. The lowest BCUT2D eigenvalue weighted by molar-refractivity contribution is 0.105. The molecule has 0 saturated carbocycles. The van der Waals surface area contributed by atoms with Crippen molar-refractivity contribution in [3.8, 4) is 5.69 Å². The van der Waals surface area contributed by atoms with Gasteiger partial charge in [-0.25, -0.2) is 9.67 Å². The molecule has 0 N–H and O–H groups in total. The molecule has 4 nitrogen and oxygen atoms in total. The maximum atomic E-state index is 5.80. The second-order valence-electron chi connectivity index (χ2n) is 6.86. The minimum absolute atomic E-state index is 0.0682. The predicted octanol–water partition coefficient (Wildman–Crippen LogP) is 4.81. The Bertz CT molecular complexity index is 672. The van der Waals surface area contributed by atoms with Crippen LogP contribution in [0.25, 0.3) is 5.69 Å². The molecule has 0 radical (unpaired) electrons. The number of hydrogen-bond acceptors (Lipinski definition) is 4. The number of aromatic nitrogens is 3. The highest BCUT2D eigenvalue weighted by molar-refractivity contribution is 7.99. The van der Waals surface area contributed by atoms with Crippen molar-refractivity contribution in [3.63, 3.8) is 0 Å². The van der Waals surface area contributed by atoms with Crippen molar-refractivity contribution in [1.29, 1.82) is 0 Å². The van der Waals surface area contributed by atoms with Gasteiger partial charge < -0.3 is 4.74 Å². The molecule has 136 valence electrons. The summed E-state index contributed by atoms with van der Waals surface area (Å²) in [7, 11) is 0. The lowest BCUT2D eigenvalue weighted by Crippen LogP contribution is -2.05. The molecular weight excluding hydrogens is 330 g/mol. The van der Waals surface area contributed by atoms with Gasteiger partial charge in [-0.1, -0.05) is 19.4 Å². The van der Waals surface area contributed by atoms with Gasteiger partial charge >= 0.3 is 0 Å². The molecule has 1 saturated heterocycles. The van der Waals surface area contributed by atoms with Gasteiger partial charge in [-0.15, -0.1) is 5.10 Å². The lowest BCUT2D eigenvalue weighted by atomic mass is 10.1. The molecule has 25 heavy (non-hydrogen) atoms. The number of thioether (sulfide) groups is 1. The van der Waals surface area contributed by atoms with E-state index in [1.165, 1.54) is 29.7 Å². The van der Waals surface area contributed by atoms with Crippen molar-refractivity contribution in [1.82, 2.24) is 14.8 Å². The van der Waals surface area contributed by atoms with Gasteiger partial charge in [0.25, 0.3) is 0 Å². The third-order valence-corrected chi connectivity index (χ3v) is 5.54. The molecule has 2 heterocycles. The molecule has 3 rings (SSSR count). The zero-order valence-corrected chi connectivity index (χ0v) is 16.4. The summed E-state index contributed by atoms with van der Waals surface area (Å²) in [4.78, 5) is 4.86. The van der Waals surface area contributed by atoms with Gasteiger partial charge in [0.1, 0.15) is 11.9 Å². The first kappa shape index (κ1) is 18.5. The Kier molecular flexibility index (Phi) is 6.54. The van der Waals surface area contributed by atoms with Crippen molar-refractivity contribution in [2.45, 2.75) is 59.0 Å². The third kappa shape index (κ3) is 4.85. The van der Waals surface area contributed by atoms with E-state index in [4.69, 9.17) is 14.8 Å². The molecule has 1 atom stereocenters. The fourth-order valence-electron chi connectivity index (χ4n) is 3.23. The van der Waals surface area contributed by atoms with Gasteiger partial charge in [-0.05, 0) is 62.1 Å². The van der Waals surface area contributed by atoms with E-state index < -0.39 is 0 Å². The van der Waals surface area contributed by atoms with E-state index in [9.17, 15) is 0 Å². The molecule has 1 aliphatic rings. The van der Waals surface area contributed by atoms with Gasteiger partial charge in [-0.3, -0.25) is 0 Å². The van der Waals surface area contributed by atoms with Gasteiger partial charge in [0, 0.05) is 18.8 Å². The first-order valence-corrected chi connectivity index (χ1v) is 10.6. The Morgan fingerprint density at radius 3 is 2.68 bits per heavy atom. The lowest BCUT2D eigenvalue weighted by Gasteiger charge is -2.08. The Balaban J connectivity index is 1.82. The third-order valence-electron chi connectivity index (χ3n) is 4.47. The fraction of sp³-hybridized carbons (Fsp3) is 0.600. The molecule has 0 aliphatic carbocycles.